The summed E-state index contributed by atoms with van der Waals surface area (Å²) in [5.41, 5.74) is 1.69. The van der Waals surface area contributed by atoms with Crippen LogP contribution in [0.4, 0.5) is 0 Å². The predicted octanol–water partition coefficient (Wildman–Crippen LogP) is 0.955. The van der Waals surface area contributed by atoms with E-state index in [0.29, 0.717) is 12.1 Å². The van der Waals surface area contributed by atoms with Crippen LogP contribution in [-0.4, -0.2) is 46.8 Å². The molecule has 0 aliphatic heterocycles. The lowest BCUT2D eigenvalue weighted by molar-refractivity contribution is 0.0963. The van der Waals surface area contributed by atoms with E-state index < -0.39 is 0 Å². The summed E-state index contributed by atoms with van der Waals surface area (Å²) >= 11 is 0. The maximum atomic E-state index is 11.6. The Morgan fingerprint density at radius 3 is 2.62 bits per heavy atom. The van der Waals surface area contributed by atoms with Crippen LogP contribution in [0.1, 0.15) is 35.6 Å². The van der Waals surface area contributed by atoms with E-state index >= 15 is 0 Å². The zero-order valence-corrected chi connectivity index (χ0v) is 15.6. The minimum atomic E-state index is -0.0875. The summed E-state index contributed by atoms with van der Waals surface area (Å²) in [7, 11) is 1.62. The first-order valence-corrected chi connectivity index (χ1v) is 8.87. The molecule has 0 atom stereocenters. The molecule has 0 spiro atoms. The molecule has 3 N–H and O–H groups in total. The van der Waals surface area contributed by atoms with Crippen molar-refractivity contribution in [2.75, 3.05) is 20.1 Å². The monoisotopic (exact) mass is 357 g/mol. The van der Waals surface area contributed by atoms with Crippen molar-refractivity contribution >= 4 is 11.9 Å². The maximum Gasteiger partial charge on any atom is 0.251 e. The van der Waals surface area contributed by atoms with E-state index in [1.165, 1.54) is 0 Å². The van der Waals surface area contributed by atoms with Gasteiger partial charge in [-0.15, -0.1) is 10.2 Å². The second kappa shape index (κ2) is 10.2. The highest BCUT2D eigenvalue weighted by molar-refractivity contribution is 5.93. The number of carbonyl (C=O) groups excluding carboxylic acids is 1. The number of hydrogen-bond acceptors (Lipinski definition) is 4. The molecular weight excluding hydrogens is 330 g/mol. The molecule has 0 fully saturated rings. The van der Waals surface area contributed by atoms with Gasteiger partial charge in [-0.2, -0.15) is 0 Å². The summed E-state index contributed by atoms with van der Waals surface area (Å²) in [6.07, 6.45) is 2.61. The average molecular weight is 357 g/mol. The molecule has 1 aromatic carbocycles. The van der Waals surface area contributed by atoms with Crippen molar-refractivity contribution in [2.45, 2.75) is 33.4 Å². The van der Waals surface area contributed by atoms with Crippen molar-refractivity contribution in [1.82, 2.24) is 30.7 Å². The molecule has 1 amide bonds. The molecule has 0 unspecified atom stereocenters. The fraction of sp³-hybridized carbons (Fsp3) is 0.444. The fourth-order valence-corrected chi connectivity index (χ4v) is 2.45. The summed E-state index contributed by atoms with van der Waals surface area (Å²) in [6, 6.07) is 7.45. The number of benzene rings is 1. The van der Waals surface area contributed by atoms with Crippen LogP contribution in [0.2, 0.25) is 0 Å². The molecule has 8 nitrogen and oxygen atoms in total. The number of amides is 1. The number of aryl methyl sites for hydroxylation is 1. The largest absolute Gasteiger partial charge is 0.357 e. The van der Waals surface area contributed by atoms with Gasteiger partial charge >= 0.3 is 0 Å². The van der Waals surface area contributed by atoms with Crippen LogP contribution in [0.3, 0.4) is 0 Å². The van der Waals surface area contributed by atoms with E-state index in [2.05, 4.69) is 38.1 Å². The van der Waals surface area contributed by atoms with Gasteiger partial charge < -0.3 is 20.5 Å². The van der Waals surface area contributed by atoms with E-state index in [1.54, 1.807) is 13.4 Å². The third kappa shape index (κ3) is 5.58. The molecule has 1 aromatic heterocycles. The number of guanidine groups is 1. The molecule has 140 valence electrons. The Kier molecular flexibility index (Phi) is 7.60. The normalized spacial score (nSPS) is 11.3. The maximum absolute atomic E-state index is 11.6. The van der Waals surface area contributed by atoms with E-state index in [1.807, 2.05) is 35.8 Å². The minimum absolute atomic E-state index is 0.0875. The minimum Gasteiger partial charge on any atom is -0.357 e. The third-order valence-corrected chi connectivity index (χ3v) is 3.86. The lowest BCUT2D eigenvalue weighted by atomic mass is 10.1. The molecule has 1 heterocycles. The van der Waals surface area contributed by atoms with Crippen LogP contribution < -0.4 is 16.0 Å². The molecule has 0 aliphatic rings. The highest BCUT2D eigenvalue weighted by atomic mass is 16.1. The zero-order chi connectivity index (χ0) is 18.8. The highest BCUT2D eigenvalue weighted by Crippen LogP contribution is 2.05. The molecule has 0 radical (unpaired) electrons. The second-order valence-corrected chi connectivity index (χ2v) is 5.69. The van der Waals surface area contributed by atoms with Gasteiger partial charge in [0.1, 0.15) is 12.2 Å². The van der Waals surface area contributed by atoms with Crippen molar-refractivity contribution in [1.29, 1.82) is 0 Å². The summed E-state index contributed by atoms with van der Waals surface area (Å²) < 4.78 is 2.04. The molecule has 0 saturated heterocycles. The smallest absolute Gasteiger partial charge is 0.251 e. The number of carbonyl (C=O) groups is 1. The van der Waals surface area contributed by atoms with Crippen molar-refractivity contribution in [2.24, 2.45) is 4.99 Å². The van der Waals surface area contributed by atoms with E-state index in [-0.39, 0.29) is 5.91 Å². The molecule has 8 heteroatoms. The summed E-state index contributed by atoms with van der Waals surface area (Å²) in [5, 5.41) is 17.2. The van der Waals surface area contributed by atoms with Crippen LogP contribution in [0.25, 0.3) is 0 Å². The number of rotatable bonds is 8. The van der Waals surface area contributed by atoms with E-state index in [9.17, 15) is 4.79 Å². The van der Waals surface area contributed by atoms with E-state index in [0.717, 1.165) is 43.4 Å². The summed E-state index contributed by atoms with van der Waals surface area (Å²) in [6.45, 7) is 6.93. The Morgan fingerprint density at radius 2 is 1.96 bits per heavy atom. The van der Waals surface area contributed by atoms with Crippen LogP contribution in [0, 0.1) is 0 Å². The molecule has 0 bridgehead atoms. The molecular formula is C18H27N7O. The topological polar surface area (TPSA) is 96.2 Å². The highest BCUT2D eigenvalue weighted by Gasteiger charge is 2.04. The van der Waals surface area contributed by atoms with Crippen molar-refractivity contribution < 1.29 is 4.79 Å². The SMILES string of the molecule is CCNC(=NCc1ccc(C(=O)NC)cc1)NCCn1cnnc1CC. The van der Waals surface area contributed by atoms with Gasteiger partial charge in [0.25, 0.3) is 5.91 Å². The number of nitrogens with zero attached hydrogens (tertiary/aromatic N) is 4. The van der Waals surface area contributed by atoms with Gasteiger partial charge in [0.15, 0.2) is 5.96 Å². The van der Waals surface area contributed by atoms with Gasteiger partial charge in [0.05, 0.1) is 6.54 Å². The summed E-state index contributed by atoms with van der Waals surface area (Å²) in [5.74, 6) is 1.65. The van der Waals surface area contributed by atoms with Crippen LogP contribution in [0.15, 0.2) is 35.6 Å². The van der Waals surface area contributed by atoms with Gasteiger partial charge in [-0.25, -0.2) is 4.99 Å². The Balaban J connectivity index is 1.90. The van der Waals surface area contributed by atoms with Crippen molar-refractivity contribution in [3.63, 3.8) is 0 Å². The van der Waals surface area contributed by atoms with Crippen LogP contribution >= 0.6 is 0 Å². The van der Waals surface area contributed by atoms with Gasteiger partial charge in [-0.1, -0.05) is 19.1 Å². The van der Waals surface area contributed by atoms with Crippen LogP contribution in [0.5, 0.6) is 0 Å². The van der Waals surface area contributed by atoms with Crippen molar-refractivity contribution in [3.8, 4) is 0 Å². The molecule has 2 rings (SSSR count). The average Bonchev–Trinajstić information content (AvgIpc) is 3.13. The van der Waals surface area contributed by atoms with Gasteiger partial charge in [-0.3, -0.25) is 4.79 Å². The first-order chi connectivity index (χ1) is 12.7. The Morgan fingerprint density at radius 1 is 1.19 bits per heavy atom. The Bertz CT molecular complexity index is 721. The molecule has 26 heavy (non-hydrogen) atoms. The second-order valence-electron chi connectivity index (χ2n) is 5.69. The predicted molar refractivity (Wildman–Crippen MR) is 102 cm³/mol. The fourth-order valence-electron chi connectivity index (χ4n) is 2.45. The number of aliphatic imine (C=N–C) groups is 1. The number of hydrogen-bond donors (Lipinski definition) is 3. The number of aromatic nitrogens is 3. The molecule has 2 aromatic rings. The zero-order valence-electron chi connectivity index (χ0n) is 15.6. The molecule has 0 aliphatic carbocycles. The quantitative estimate of drug-likeness (QED) is 0.483. The third-order valence-electron chi connectivity index (χ3n) is 3.86. The van der Waals surface area contributed by atoms with E-state index in [4.69, 9.17) is 0 Å². The number of nitrogens with one attached hydrogen (secondary N) is 3. The standard InChI is InChI=1S/C18H27N7O/c1-4-16-24-23-13-25(16)11-10-21-18(20-5-2)22-12-14-6-8-15(9-7-14)17(26)19-3/h6-9,13H,4-5,10-12H2,1-3H3,(H,19,26)(H2,20,21,22). The first-order valence-electron chi connectivity index (χ1n) is 8.87. The van der Waals surface area contributed by atoms with Gasteiger partial charge in [-0.05, 0) is 24.6 Å². The van der Waals surface area contributed by atoms with Crippen molar-refractivity contribution in [3.05, 3.63) is 47.5 Å². The lowest BCUT2D eigenvalue weighted by Crippen LogP contribution is -2.38. The summed E-state index contributed by atoms with van der Waals surface area (Å²) in [4.78, 5) is 16.2. The first kappa shape index (κ1) is 19.4. The van der Waals surface area contributed by atoms with Gasteiger partial charge in [0, 0.05) is 38.7 Å². The van der Waals surface area contributed by atoms with Gasteiger partial charge in [0.2, 0.25) is 0 Å². The lowest BCUT2D eigenvalue weighted by Gasteiger charge is -2.12. The Hall–Kier alpha value is -2.90. The Labute approximate surface area is 154 Å². The van der Waals surface area contributed by atoms with Crippen LogP contribution in [-0.2, 0) is 19.5 Å². The molecule has 0 saturated carbocycles.